The normalized spacial score (nSPS) is 19.5. The highest BCUT2D eigenvalue weighted by atomic mass is 35.5. The zero-order chi connectivity index (χ0) is 30.3. The van der Waals surface area contributed by atoms with Gasteiger partial charge in [0.05, 0.1) is 11.6 Å². The Balaban J connectivity index is 0.00000337. The molecule has 42 heavy (non-hydrogen) atoms. The average molecular weight is 634 g/mol. The van der Waals surface area contributed by atoms with E-state index in [0.29, 0.717) is 45.6 Å². The van der Waals surface area contributed by atoms with E-state index in [1.54, 1.807) is 30.6 Å². The molecule has 1 atom stereocenters. The van der Waals surface area contributed by atoms with Crippen molar-refractivity contribution in [1.29, 1.82) is 5.26 Å². The van der Waals surface area contributed by atoms with Gasteiger partial charge in [-0.05, 0) is 56.1 Å². The highest BCUT2D eigenvalue weighted by Gasteiger charge is 2.34. The lowest BCUT2D eigenvalue weighted by atomic mass is 9.97. The predicted octanol–water partition coefficient (Wildman–Crippen LogP) is 5.66. The Morgan fingerprint density at radius 1 is 1.19 bits per heavy atom. The molecule has 2 aromatic rings. The van der Waals surface area contributed by atoms with E-state index in [2.05, 4.69) is 42.2 Å². The number of nitriles is 1. The van der Waals surface area contributed by atoms with Crippen molar-refractivity contribution in [2.75, 3.05) is 44.2 Å². The van der Waals surface area contributed by atoms with E-state index in [9.17, 15) is 17.6 Å². The van der Waals surface area contributed by atoms with Crippen molar-refractivity contribution >= 4 is 35.0 Å². The first-order chi connectivity index (χ1) is 20.1. The fourth-order valence-electron chi connectivity index (χ4n) is 5.54. The lowest BCUT2D eigenvalue weighted by molar-refractivity contribution is -0.122. The van der Waals surface area contributed by atoms with Crippen LogP contribution in [0.5, 0.6) is 0 Å². The van der Waals surface area contributed by atoms with Gasteiger partial charge in [0.15, 0.2) is 6.19 Å². The van der Waals surface area contributed by atoms with Crippen LogP contribution >= 0.6 is 23.2 Å². The molecule has 8 nitrogen and oxygen atoms in total. The van der Waals surface area contributed by atoms with Crippen LogP contribution in [0.1, 0.15) is 40.2 Å². The number of piperidine rings is 1. The second-order valence-electron chi connectivity index (χ2n) is 10.5. The van der Waals surface area contributed by atoms with Crippen LogP contribution in [0, 0.1) is 17.3 Å². The number of pyridine rings is 1. The first-order valence-electron chi connectivity index (χ1n) is 13.9. The van der Waals surface area contributed by atoms with E-state index in [0.717, 1.165) is 52.0 Å². The Bertz CT molecular complexity index is 1290. The van der Waals surface area contributed by atoms with Crippen LogP contribution in [-0.4, -0.2) is 78.3 Å². The van der Waals surface area contributed by atoms with Gasteiger partial charge >= 0.3 is 6.18 Å². The maximum Gasteiger partial charge on any atom is 0.405 e. The molecule has 1 aromatic carbocycles. The smallest absolute Gasteiger partial charge is 0.353 e. The van der Waals surface area contributed by atoms with Gasteiger partial charge in [-0.2, -0.15) is 18.4 Å². The van der Waals surface area contributed by atoms with Crippen molar-refractivity contribution in [2.45, 2.75) is 57.5 Å². The molecule has 0 amide bonds. The van der Waals surface area contributed by atoms with E-state index >= 15 is 0 Å². The summed E-state index contributed by atoms with van der Waals surface area (Å²) in [4.78, 5) is 15.6. The summed E-state index contributed by atoms with van der Waals surface area (Å²) in [6.07, 6.45) is 1.73. The van der Waals surface area contributed by atoms with Crippen molar-refractivity contribution in [2.24, 2.45) is 4.99 Å². The molecule has 2 aliphatic heterocycles. The molecule has 0 radical (unpaired) electrons. The number of hydrogen-bond acceptors (Lipinski definition) is 6. The summed E-state index contributed by atoms with van der Waals surface area (Å²) >= 11 is 12.5. The molecule has 2 saturated heterocycles. The van der Waals surface area contributed by atoms with E-state index in [1.807, 2.05) is 0 Å². The second-order valence-corrected chi connectivity index (χ2v) is 11.4. The van der Waals surface area contributed by atoms with Gasteiger partial charge < -0.3 is 10.2 Å². The zero-order valence-corrected chi connectivity index (χ0v) is 24.8. The number of guanidine groups is 1. The topological polar surface area (TPSA) is 82.8 Å². The summed E-state index contributed by atoms with van der Waals surface area (Å²) in [6.45, 7) is 5.64. The number of aromatic nitrogens is 1. The van der Waals surface area contributed by atoms with Crippen LogP contribution in [0.25, 0.3) is 0 Å². The molecule has 0 spiro atoms. The number of halogens is 6. The van der Waals surface area contributed by atoms with Crippen molar-refractivity contribution in [3.8, 4) is 6.19 Å². The van der Waals surface area contributed by atoms with Gasteiger partial charge in [-0.1, -0.05) is 36.2 Å². The third kappa shape index (κ3) is 8.83. The standard InChI is InChI=1S/C28H34Cl2F4N8.2H2/c1-2-22-16-41(26-24(30)11-19(13-36-26)14-37-27(39-18-35)38-17-28(32,33)34)9-10-42(22)23-5-7-40(8-6-23)15-20-3-4-21(29)12-25(20)31;;/h3-4,11-13,22-23H,2,5-10,14-17H2,1H3,(H2,37,38,39);2*1H/t22-;;/m0../s1. The van der Waals surface area contributed by atoms with Crippen LogP contribution < -0.4 is 15.5 Å². The van der Waals surface area contributed by atoms with Gasteiger partial charge in [-0.25, -0.2) is 14.4 Å². The number of alkyl halides is 3. The minimum atomic E-state index is -4.44. The molecule has 1 aromatic heterocycles. The summed E-state index contributed by atoms with van der Waals surface area (Å²) in [7, 11) is 0. The summed E-state index contributed by atoms with van der Waals surface area (Å²) in [5.41, 5.74) is 1.27. The van der Waals surface area contributed by atoms with E-state index < -0.39 is 12.7 Å². The predicted molar refractivity (Wildman–Crippen MR) is 160 cm³/mol. The number of hydrogen-bond donors (Lipinski definition) is 2. The molecule has 4 rings (SSSR count). The Labute approximate surface area is 256 Å². The molecular formula is C28H38Cl2F4N8. The van der Waals surface area contributed by atoms with Crippen molar-refractivity contribution in [1.82, 2.24) is 25.4 Å². The quantitative estimate of drug-likeness (QED) is 0.128. The molecule has 0 saturated carbocycles. The number of aliphatic imine (C=N–C) groups is 1. The Morgan fingerprint density at radius 2 is 1.95 bits per heavy atom. The number of anilines is 1. The van der Waals surface area contributed by atoms with Gasteiger partial charge in [0.2, 0.25) is 5.96 Å². The first kappa shape index (κ1) is 32.1. The number of rotatable bonds is 8. The lowest BCUT2D eigenvalue weighted by Gasteiger charge is -2.47. The molecular weight excluding hydrogens is 595 g/mol. The minimum absolute atomic E-state index is 0. The number of piperazine rings is 1. The van der Waals surface area contributed by atoms with Crippen molar-refractivity contribution < 1.29 is 20.4 Å². The lowest BCUT2D eigenvalue weighted by Crippen LogP contribution is -2.58. The number of likely N-dealkylation sites (tertiary alicyclic amines) is 1. The highest BCUT2D eigenvalue weighted by molar-refractivity contribution is 6.33. The van der Waals surface area contributed by atoms with Gasteiger partial charge in [0.25, 0.3) is 0 Å². The Morgan fingerprint density at radius 3 is 2.60 bits per heavy atom. The van der Waals surface area contributed by atoms with Crippen LogP contribution in [0.4, 0.5) is 23.4 Å². The molecule has 0 unspecified atom stereocenters. The van der Waals surface area contributed by atoms with Gasteiger partial charge in [-0.3, -0.25) is 15.1 Å². The fraction of sp³-hybridized carbons (Fsp3) is 0.536. The summed E-state index contributed by atoms with van der Waals surface area (Å²) in [6, 6.07) is 7.33. The molecule has 3 heterocycles. The molecule has 232 valence electrons. The van der Waals surface area contributed by atoms with Gasteiger partial charge in [0.1, 0.15) is 18.2 Å². The van der Waals surface area contributed by atoms with Gasteiger partial charge in [0, 0.05) is 57.9 Å². The maximum absolute atomic E-state index is 14.3. The number of benzene rings is 1. The monoisotopic (exact) mass is 632 g/mol. The van der Waals surface area contributed by atoms with E-state index in [-0.39, 0.29) is 21.2 Å². The maximum atomic E-state index is 14.3. The van der Waals surface area contributed by atoms with Gasteiger partial charge in [-0.15, -0.1) is 0 Å². The molecule has 0 bridgehead atoms. The zero-order valence-electron chi connectivity index (χ0n) is 23.3. The SMILES string of the molecule is CC[C@H]1CN(c2ncc(CN=C(NC#N)NCC(F)(F)F)cc2Cl)CCN1C1CCN(Cc2ccc(Cl)cc2F)CC1.[HH].[HH]. The third-order valence-electron chi connectivity index (χ3n) is 7.66. The Kier molecular flexibility index (Phi) is 11.1. The summed E-state index contributed by atoms with van der Waals surface area (Å²) in [5, 5.41) is 13.8. The van der Waals surface area contributed by atoms with Crippen LogP contribution in [0.15, 0.2) is 35.5 Å². The van der Waals surface area contributed by atoms with E-state index in [1.165, 1.54) is 6.07 Å². The van der Waals surface area contributed by atoms with Crippen LogP contribution in [0.3, 0.4) is 0 Å². The second kappa shape index (κ2) is 14.6. The third-order valence-corrected chi connectivity index (χ3v) is 8.18. The minimum Gasteiger partial charge on any atom is -0.353 e. The van der Waals surface area contributed by atoms with Crippen molar-refractivity contribution in [3.63, 3.8) is 0 Å². The molecule has 2 aliphatic rings. The molecule has 2 N–H and O–H groups in total. The number of nitrogens with one attached hydrogen (secondary N) is 2. The molecule has 0 aliphatic carbocycles. The summed E-state index contributed by atoms with van der Waals surface area (Å²) < 4.78 is 51.8. The van der Waals surface area contributed by atoms with Crippen LogP contribution in [0.2, 0.25) is 10.0 Å². The number of nitrogens with zero attached hydrogens (tertiary/aromatic N) is 6. The summed E-state index contributed by atoms with van der Waals surface area (Å²) in [5.74, 6) is 0.117. The van der Waals surface area contributed by atoms with Crippen LogP contribution in [-0.2, 0) is 13.1 Å². The largest absolute Gasteiger partial charge is 0.405 e. The first-order valence-corrected chi connectivity index (χ1v) is 14.6. The molecule has 14 heteroatoms. The Hall–Kier alpha value is -2.85. The molecule has 2 fully saturated rings. The average Bonchev–Trinajstić information content (AvgIpc) is 2.96. The van der Waals surface area contributed by atoms with Crippen molar-refractivity contribution in [3.05, 3.63) is 57.5 Å². The van der Waals surface area contributed by atoms with E-state index in [4.69, 9.17) is 28.5 Å². The highest BCUT2D eigenvalue weighted by Crippen LogP contribution is 2.30. The fourth-order valence-corrected chi connectivity index (χ4v) is 6.01.